The van der Waals surface area contributed by atoms with Crippen molar-refractivity contribution in [1.29, 1.82) is 0 Å². The third kappa shape index (κ3) is 4.34. The van der Waals surface area contributed by atoms with Gasteiger partial charge in [0.2, 0.25) is 0 Å². The van der Waals surface area contributed by atoms with Crippen LogP contribution in [0.1, 0.15) is 32.6 Å². The third-order valence-corrected chi connectivity index (χ3v) is 3.84. The molecular weight excluding hydrogens is 269 g/mol. The molecule has 2 nitrogen and oxygen atoms in total. The van der Waals surface area contributed by atoms with E-state index in [4.69, 9.17) is 27.9 Å². The fourth-order valence-electron chi connectivity index (χ4n) is 1.83. The highest BCUT2D eigenvalue weighted by Gasteiger charge is 2.19. The van der Waals surface area contributed by atoms with Gasteiger partial charge in [-0.05, 0) is 51.3 Å². The van der Waals surface area contributed by atoms with Crippen molar-refractivity contribution in [3.05, 3.63) is 28.2 Å². The van der Waals surface area contributed by atoms with E-state index in [1.165, 1.54) is 12.8 Å². The molecule has 1 aliphatic rings. The fourth-order valence-corrected chi connectivity index (χ4v) is 2.17. The minimum absolute atomic E-state index is 0.155. The average molecular weight is 288 g/mol. The molecule has 0 radical (unpaired) electrons. The predicted molar refractivity (Wildman–Crippen MR) is 76.8 cm³/mol. The summed E-state index contributed by atoms with van der Waals surface area (Å²) in [5, 5.41) is 4.53. The van der Waals surface area contributed by atoms with E-state index in [2.05, 4.69) is 12.2 Å². The molecule has 1 saturated carbocycles. The standard InChI is InChI=1S/C14H19Cl2NO/c1-10(4-3-9-17-11-7-8-11)18-13-6-2-5-12(15)14(13)16/h2,5-6,10-11,17H,3-4,7-9H2,1H3. The van der Waals surface area contributed by atoms with Crippen LogP contribution in [0.5, 0.6) is 5.75 Å². The molecule has 1 atom stereocenters. The molecule has 0 aromatic heterocycles. The monoisotopic (exact) mass is 287 g/mol. The maximum Gasteiger partial charge on any atom is 0.139 e. The molecule has 1 fully saturated rings. The summed E-state index contributed by atoms with van der Waals surface area (Å²) in [6.07, 6.45) is 4.97. The molecule has 1 N–H and O–H groups in total. The molecule has 0 bridgehead atoms. The normalized spacial score (nSPS) is 16.6. The highest BCUT2D eigenvalue weighted by molar-refractivity contribution is 6.42. The van der Waals surface area contributed by atoms with Gasteiger partial charge in [-0.1, -0.05) is 29.3 Å². The van der Waals surface area contributed by atoms with Crippen molar-refractivity contribution in [3.8, 4) is 5.75 Å². The van der Waals surface area contributed by atoms with Gasteiger partial charge in [0, 0.05) is 6.04 Å². The molecule has 1 unspecified atom stereocenters. The van der Waals surface area contributed by atoms with Gasteiger partial charge in [-0.2, -0.15) is 0 Å². The Morgan fingerprint density at radius 2 is 2.17 bits per heavy atom. The van der Waals surface area contributed by atoms with Gasteiger partial charge in [0.1, 0.15) is 10.8 Å². The summed E-state index contributed by atoms with van der Waals surface area (Å²) in [4.78, 5) is 0. The van der Waals surface area contributed by atoms with Crippen LogP contribution in [0, 0.1) is 0 Å². The van der Waals surface area contributed by atoms with Gasteiger partial charge >= 0.3 is 0 Å². The summed E-state index contributed by atoms with van der Waals surface area (Å²) in [5.74, 6) is 0.673. The van der Waals surface area contributed by atoms with Crippen LogP contribution in [-0.4, -0.2) is 18.7 Å². The zero-order valence-electron chi connectivity index (χ0n) is 10.6. The number of benzene rings is 1. The number of rotatable bonds is 7. The van der Waals surface area contributed by atoms with Gasteiger partial charge in [-0.3, -0.25) is 0 Å². The van der Waals surface area contributed by atoms with Gasteiger partial charge in [-0.25, -0.2) is 0 Å². The van der Waals surface area contributed by atoms with Crippen LogP contribution in [0.25, 0.3) is 0 Å². The van der Waals surface area contributed by atoms with Gasteiger partial charge in [-0.15, -0.1) is 0 Å². The first-order valence-corrected chi connectivity index (χ1v) is 7.26. The molecule has 1 aliphatic carbocycles. The highest BCUT2D eigenvalue weighted by atomic mass is 35.5. The van der Waals surface area contributed by atoms with E-state index < -0.39 is 0 Å². The lowest BCUT2D eigenvalue weighted by Gasteiger charge is -2.16. The minimum Gasteiger partial charge on any atom is -0.489 e. The van der Waals surface area contributed by atoms with E-state index in [-0.39, 0.29) is 6.10 Å². The van der Waals surface area contributed by atoms with Crippen LogP contribution in [0.3, 0.4) is 0 Å². The lowest BCUT2D eigenvalue weighted by Crippen LogP contribution is -2.20. The third-order valence-electron chi connectivity index (χ3n) is 3.04. The summed E-state index contributed by atoms with van der Waals surface area (Å²) < 4.78 is 5.80. The number of halogens is 2. The van der Waals surface area contributed by atoms with E-state index >= 15 is 0 Å². The Morgan fingerprint density at radius 3 is 2.89 bits per heavy atom. The lowest BCUT2D eigenvalue weighted by atomic mass is 10.2. The van der Waals surface area contributed by atoms with Crippen molar-refractivity contribution in [3.63, 3.8) is 0 Å². The molecule has 1 aromatic rings. The van der Waals surface area contributed by atoms with Gasteiger partial charge < -0.3 is 10.1 Å². The second-order valence-electron chi connectivity index (χ2n) is 4.85. The number of ether oxygens (including phenoxy) is 1. The van der Waals surface area contributed by atoms with Gasteiger partial charge in [0.05, 0.1) is 11.1 Å². The Balaban J connectivity index is 1.71. The summed E-state index contributed by atoms with van der Waals surface area (Å²) in [7, 11) is 0. The van der Waals surface area contributed by atoms with E-state index in [0.29, 0.717) is 15.8 Å². The Hall–Kier alpha value is -0.440. The molecule has 0 spiro atoms. The SMILES string of the molecule is CC(CCCNC1CC1)Oc1cccc(Cl)c1Cl. The maximum absolute atomic E-state index is 6.08. The Morgan fingerprint density at radius 1 is 1.39 bits per heavy atom. The van der Waals surface area contributed by atoms with Crippen molar-refractivity contribution >= 4 is 23.2 Å². The largest absolute Gasteiger partial charge is 0.489 e. The smallest absolute Gasteiger partial charge is 0.139 e. The first kappa shape index (κ1) is 14.0. The molecule has 0 heterocycles. The summed E-state index contributed by atoms with van der Waals surface area (Å²) in [5.41, 5.74) is 0. The van der Waals surface area contributed by atoms with Crippen molar-refractivity contribution in [2.24, 2.45) is 0 Å². The second kappa shape index (κ2) is 6.65. The minimum atomic E-state index is 0.155. The first-order valence-electron chi connectivity index (χ1n) is 6.51. The number of hydrogen-bond donors (Lipinski definition) is 1. The van der Waals surface area contributed by atoms with Crippen LogP contribution < -0.4 is 10.1 Å². The quantitative estimate of drug-likeness (QED) is 0.756. The van der Waals surface area contributed by atoms with Crippen LogP contribution in [0.15, 0.2) is 18.2 Å². The first-order chi connectivity index (χ1) is 8.66. The topological polar surface area (TPSA) is 21.3 Å². The second-order valence-corrected chi connectivity index (χ2v) is 5.64. The van der Waals surface area contributed by atoms with E-state index in [1.54, 1.807) is 6.07 Å². The van der Waals surface area contributed by atoms with Crippen molar-refractivity contribution in [1.82, 2.24) is 5.32 Å². The van der Waals surface area contributed by atoms with Crippen molar-refractivity contribution in [2.45, 2.75) is 44.8 Å². The predicted octanol–water partition coefficient (Wildman–Crippen LogP) is 4.29. The van der Waals surface area contributed by atoms with Gasteiger partial charge in [0.25, 0.3) is 0 Å². The van der Waals surface area contributed by atoms with Crippen LogP contribution in [0.2, 0.25) is 10.0 Å². The number of nitrogens with one attached hydrogen (secondary N) is 1. The van der Waals surface area contributed by atoms with Crippen molar-refractivity contribution < 1.29 is 4.74 Å². The Kier molecular flexibility index (Phi) is 5.16. The molecule has 0 saturated heterocycles. The zero-order chi connectivity index (χ0) is 13.0. The van der Waals surface area contributed by atoms with Crippen LogP contribution in [-0.2, 0) is 0 Å². The van der Waals surface area contributed by atoms with E-state index in [1.807, 2.05) is 12.1 Å². The number of hydrogen-bond acceptors (Lipinski definition) is 2. The molecule has 18 heavy (non-hydrogen) atoms. The van der Waals surface area contributed by atoms with Crippen LogP contribution in [0.4, 0.5) is 0 Å². The fraction of sp³-hybridized carbons (Fsp3) is 0.571. The van der Waals surface area contributed by atoms with E-state index in [0.717, 1.165) is 25.4 Å². The van der Waals surface area contributed by atoms with Crippen LogP contribution >= 0.6 is 23.2 Å². The highest BCUT2D eigenvalue weighted by Crippen LogP contribution is 2.32. The lowest BCUT2D eigenvalue weighted by molar-refractivity contribution is 0.207. The maximum atomic E-state index is 6.08. The Labute approximate surface area is 119 Å². The van der Waals surface area contributed by atoms with Crippen molar-refractivity contribution in [2.75, 3.05) is 6.54 Å². The average Bonchev–Trinajstić information content (AvgIpc) is 3.15. The van der Waals surface area contributed by atoms with E-state index in [9.17, 15) is 0 Å². The molecule has 1 aromatic carbocycles. The molecule has 4 heteroatoms. The summed E-state index contributed by atoms with van der Waals surface area (Å²) in [6.45, 7) is 3.13. The summed E-state index contributed by atoms with van der Waals surface area (Å²) >= 11 is 12.0. The molecule has 2 rings (SSSR count). The Bertz CT molecular complexity index is 393. The summed E-state index contributed by atoms with van der Waals surface area (Å²) in [6, 6.07) is 6.25. The molecule has 0 amide bonds. The zero-order valence-corrected chi connectivity index (χ0v) is 12.1. The molecule has 100 valence electrons. The van der Waals surface area contributed by atoms with Gasteiger partial charge in [0.15, 0.2) is 0 Å². The molecular formula is C14H19Cl2NO. The molecule has 0 aliphatic heterocycles.